The van der Waals surface area contributed by atoms with Gasteiger partial charge in [0.15, 0.2) is 0 Å². The summed E-state index contributed by atoms with van der Waals surface area (Å²) in [7, 11) is 0. The fraction of sp³-hybridized carbons (Fsp3) is 0.462. The molecule has 0 spiro atoms. The molecule has 2 rings (SSSR count). The molecule has 0 atom stereocenters. The highest BCUT2D eigenvalue weighted by Crippen LogP contribution is 2.28. The van der Waals surface area contributed by atoms with Crippen LogP contribution in [0.4, 0.5) is 0 Å². The average molecular weight is 271 g/mol. The van der Waals surface area contributed by atoms with Crippen molar-refractivity contribution in [1.29, 1.82) is 0 Å². The fourth-order valence-corrected chi connectivity index (χ4v) is 1.90. The second-order valence-corrected chi connectivity index (χ2v) is 4.50. The van der Waals surface area contributed by atoms with Crippen LogP contribution in [0.25, 0.3) is 0 Å². The van der Waals surface area contributed by atoms with Crippen molar-refractivity contribution >= 4 is 18.3 Å². The number of benzene rings is 1. The van der Waals surface area contributed by atoms with Crippen molar-refractivity contribution in [2.75, 3.05) is 6.61 Å². The lowest BCUT2D eigenvalue weighted by Crippen LogP contribution is -2.20. The number of carbonyl (C=O) groups is 1. The van der Waals surface area contributed by atoms with E-state index >= 15 is 0 Å². The monoisotopic (exact) mass is 270 g/mol. The predicted octanol–water partition coefficient (Wildman–Crippen LogP) is 1.84. The van der Waals surface area contributed by atoms with E-state index in [1.54, 1.807) is 18.2 Å². The van der Waals surface area contributed by atoms with Gasteiger partial charge in [0.25, 0.3) is 0 Å². The maximum absolute atomic E-state index is 11.0. The highest BCUT2D eigenvalue weighted by atomic mass is 35.5. The zero-order valence-electron chi connectivity index (χ0n) is 10.2. The largest absolute Gasteiger partial charge is 0.493 e. The van der Waals surface area contributed by atoms with Gasteiger partial charge in [-0.05, 0) is 37.0 Å². The van der Waals surface area contributed by atoms with Crippen LogP contribution in [0, 0.1) is 5.92 Å². The van der Waals surface area contributed by atoms with E-state index in [1.807, 2.05) is 0 Å². The molecular formula is C13H19ClN2O2. The minimum absolute atomic E-state index is 0. The van der Waals surface area contributed by atoms with Gasteiger partial charge in [-0.15, -0.1) is 12.4 Å². The van der Waals surface area contributed by atoms with Gasteiger partial charge in [0.2, 0.25) is 5.91 Å². The molecule has 0 saturated heterocycles. The molecule has 100 valence electrons. The number of hydrogen-bond donors (Lipinski definition) is 2. The number of hydrogen-bond acceptors (Lipinski definition) is 3. The molecule has 0 unspecified atom stereocenters. The Morgan fingerprint density at radius 2 is 2.11 bits per heavy atom. The van der Waals surface area contributed by atoms with Gasteiger partial charge in [0.05, 0.1) is 6.61 Å². The molecule has 0 aliphatic heterocycles. The van der Waals surface area contributed by atoms with Crippen LogP contribution in [0.1, 0.15) is 35.2 Å². The SMILES string of the molecule is Cl.NCc1cc(C(N)=O)ccc1OCC1CCC1. The minimum atomic E-state index is -0.440. The van der Waals surface area contributed by atoms with Gasteiger partial charge >= 0.3 is 0 Å². The number of rotatable bonds is 5. The number of ether oxygens (including phenoxy) is 1. The number of primary amides is 1. The van der Waals surface area contributed by atoms with Gasteiger partial charge < -0.3 is 16.2 Å². The Bertz CT molecular complexity index is 419. The molecule has 5 heteroatoms. The first kappa shape index (κ1) is 14.8. The third kappa shape index (κ3) is 3.37. The lowest BCUT2D eigenvalue weighted by molar-refractivity contribution is 0.1000. The molecule has 0 bridgehead atoms. The van der Waals surface area contributed by atoms with Crippen LogP contribution in [0.5, 0.6) is 5.75 Å². The molecule has 0 heterocycles. The smallest absolute Gasteiger partial charge is 0.248 e. The maximum Gasteiger partial charge on any atom is 0.248 e. The maximum atomic E-state index is 11.0. The summed E-state index contributed by atoms with van der Waals surface area (Å²) < 4.78 is 5.73. The Kier molecular flexibility index (Phi) is 5.44. The fourth-order valence-electron chi connectivity index (χ4n) is 1.90. The van der Waals surface area contributed by atoms with Crippen molar-refractivity contribution in [3.63, 3.8) is 0 Å². The first-order valence-corrected chi connectivity index (χ1v) is 5.96. The third-order valence-electron chi connectivity index (χ3n) is 3.26. The number of nitrogens with two attached hydrogens (primary N) is 2. The minimum Gasteiger partial charge on any atom is -0.493 e. The van der Waals surface area contributed by atoms with Gasteiger partial charge in [0, 0.05) is 17.7 Å². The highest BCUT2D eigenvalue weighted by molar-refractivity contribution is 5.93. The summed E-state index contributed by atoms with van der Waals surface area (Å²) in [6.07, 6.45) is 3.80. The predicted molar refractivity (Wildman–Crippen MR) is 72.9 cm³/mol. The van der Waals surface area contributed by atoms with Crippen LogP contribution < -0.4 is 16.2 Å². The third-order valence-corrected chi connectivity index (χ3v) is 3.26. The molecule has 1 aliphatic carbocycles. The van der Waals surface area contributed by atoms with Crippen molar-refractivity contribution in [3.05, 3.63) is 29.3 Å². The van der Waals surface area contributed by atoms with Gasteiger partial charge in [-0.3, -0.25) is 4.79 Å². The van der Waals surface area contributed by atoms with Crippen LogP contribution in [0.2, 0.25) is 0 Å². The van der Waals surface area contributed by atoms with E-state index < -0.39 is 5.91 Å². The summed E-state index contributed by atoms with van der Waals surface area (Å²) in [5.74, 6) is 1.01. The quantitative estimate of drug-likeness (QED) is 0.857. The van der Waals surface area contributed by atoms with Crippen LogP contribution in [-0.4, -0.2) is 12.5 Å². The molecule has 4 nitrogen and oxygen atoms in total. The van der Waals surface area contributed by atoms with Crippen molar-refractivity contribution in [3.8, 4) is 5.75 Å². The summed E-state index contributed by atoms with van der Waals surface area (Å²) >= 11 is 0. The molecule has 18 heavy (non-hydrogen) atoms. The summed E-state index contributed by atoms with van der Waals surface area (Å²) in [6, 6.07) is 5.16. The van der Waals surface area contributed by atoms with Crippen molar-refractivity contribution in [1.82, 2.24) is 0 Å². The zero-order valence-corrected chi connectivity index (χ0v) is 11.0. The van der Waals surface area contributed by atoms with E-state index in [1.165, 1.54) is 19.3 Å². The summed E-state index contributed by atoms with van der Waals surface area (Å²) in [5, 5.41) is 0. The molecule has 1 aromatic rings. The molecule has 1 saturated carbocycles. The molecule has 1 aromatic carbocycles. The summed E-state index contributed by atoms with van der Waals surface area (Å²) in [4.78, 5) is 11.0. The Morgan fingerprint density at radius 3 is 2.61 bits per heavy atom. The van der Waals surface area contributed by atoms with E-state index in [2.05, 4.69) is 0 Å². The highest BCUT2D eigenvalue weighted by Gasteiger charge is 2.18. The molecule has 4 N–H and O–H groups in total. The van der Waals surface area contributed by atoms with E-state index in [9.17, 15) is 4.79 Å². The van der Waals surface area contributed by atoms with E-state index in [0.717, 1.165) is 17.9 Å². The second kappa shape index (κ2) is 6.61. The molecular weight excluding hydrogens is 252 g/mol. The average Bonchev–Trinajstić information content (AvgIpc) is 2.27. The summed E-state index contributed by atoms with van der Waals surface area (Å²) in [6.45, 7) is 1.09. The van der Waals surface area contributed by atoms with Gasteiger partial charge in [-0.1, -0.05) is 6.42 Å². The Balaban J connectivity index is 0.00000162. The van der Waals surface area contributed by atoms with Crippen LogP contribution in [0.15, 0.2) is 18.2 Å². The summed E-state index contributed by atoms with van der Waals surface area (Å²) in [5.41, 5.74) is 12.2. The van der Waals surface area contributed by atoms with Crippen LogP contribution >= 0.6 is 12.4 Å². The Morgan fingerprint density at radius 1 is 1.39 bits per heavy atom. The zero-order chi connectivity index (χ0) is 12.3. The Labute approximate surface area is 113 Å². The number of halogens is 1. The van der Waals surface area contributed by atoms with Crippen LogP contribution in [0.3, 0.4) is 0 Å². The van der Waals surface area contributed by atoms with Crippen LogP contribution in [-0.2, 0) is 6.54 Å². The molecule has 1 amide bonds. The van der Waals surface area contributed by atoms with E-state index in [0.29, 0.717) is 18.0 Å². The van der Waals surface area contributed by atoms with Gasteiger partial charge in [-0.2, -0.15) is 0 Å². The van der Waals surface area contributed by atoms with Crippen molar-refractivity contribution in [2.24, 2.45) is 17.4 Å². The second-order valence-electron chi connectivity index (χ2n) is 4.50. The molecule has 1 aliphatic rings. The molecule has 1 fully saturated rings. The lowest BCUT2D eigenvalue weighted by Gasteiger charge is -2.25. The number of amides is 1. The van der Waals surface area contributed by atoms with Crippen molar-refractivity contribution < 1.29 is 9.53 Å². The lowest BCUT2D eigenvalue weighted by atomic mass is 9.86. The van der Waals surface area contributed by atoms with E-state index in [4.69, 9.17) is 16.2 Å². The topological polar surface area (TPSA) is 78.3 Å². The first-order chi connectivity index (χ1) is 8.20. The Hall–Kier alpha value is -1.26. The number of carbonyl (C=O) groups excluding carboxylic acids is 1. The molecule has 0 aromatic heterocycles. The normalized spacial score (nSPS) is 14.5. The molecule has 0 radical (unpaired) electrons. The standard InChI is InChI=1S/C13H18N2O2.ClH/c14-7-11-6-10(13(15)16)4-5-12(11)17-8-9-2-1-3-9;/h4-6,9H,1-3,7-8,14H2,(H2,15,16);1H. The van der Waals surface area contributed by atoms with Crippen molar-refractivity contribution in [2.45, 2.75) is 25.8 Å². The van der Waals surface area contributed by atoms with E-state index in [-0.39, 0.29) is 12.4 Å². The first-order valence-electron chi connectivity index (χ1n) is 5.96. The van der Waals surface area contributed by atoms with Gasteiger partial charge in [-0.25, -0.2) is 0 Å². The van der Waals surface area contributed by atoms with Gasteiger partial charge in [0.1, 0.15) is 5.75 Å².